The molecule has 0 radical (unpaired) electrons. The summed E-state index contributed by atoms with van der Waals surface area (Å²) >= 11 is 1.37. The van der Waals surface area contributed by atoms with Gasteiger partial charge in [-0.15, -0.1) is 0 Å². The lowest BCUT2D eigenvalue weighted by Crippen LogP contribution is -2.53. The average Bonchev–Trinajstić information content (AvgIpc) is 2.92. The number of anilines is 1. The van der Waals surface area contributed by atoms with E-state index in [1.807, 2.05) is 18.9 Å². The van der Waals surface area contributed by atoms with Crippen LogP contribution in [0.4, 0.5) is 10.1 Å². The molecule has 0 aliphatic carbocycles. The molecule has 3 rings (SSSR count). The van der Waals surface area contributed by atoms with E-state index in [9.17, 15) is 19.2 Å². The zero-order valence-electron chi connectivity index (χ0n) is 22.1. The van der Waals surface area contributed by atoms with E-state index < -0.39 is 0 Å². The van der Waals surface area contributed by atoms with Crippen molar-refractivity contribution < 1.29 is 18.7 Å². The second-order valence-corrected chi connectivity index (χ2v) is 10.3. The Balaban J connectivity index is 1.86. The first-order valence-electron chi connectivity index (χ1n) is 12.6. The summed E-state index contributed by atoms with van der Waals surface area (Å²) in [5.74, 6) is -0.768. The number of likely N-dealkylation sites (N-methyl/N-ethyl adjacent to an activating group) is 1. The van der Waals surface area contributed by atoms with Crippen molar-refractivity contribution in [3.63, 3.8) is 0 Å². The van der Waals surface area contributed by atoms with Crippen LogP contribution in [0.25, 0.3) is 0 Å². The Bertz CT molecular complexity index is 1120. The molecule has 11 heteroatoms. The van der Waals surface area contributed by atoms with E-state index in [0.29, 0.717) is 56.7 Å². The molecule has 0 atom stereocenters. The fourth-order valence-corrected chi connectivity index (χ4v) is 4.80. The van der Waals surface area contributed by atoms with E-state index in [1.54, 1.807) is 47.3 Å². The summed E-state index contributed by atoms with van der Waals surface area (Å²) in [4.78, 5) is 29.5. The van der Waals surface area contributed by atoms with Crippen molar-refractivity contribution in [2.45, 2.75) is 29.7 Å². The zero-order chi connectivity index (χ0) is 27.5. The smallest absolute Gasteiger partial charge is 0.256 e. The highest BCUT2D eigenvalue weighted by Gasteiger charge is 2.25. The van der Waals surface area contributed by atoms with Crippen molar-refractivity contribution in [2.24, 2.45) is 0 Å². The number of carbonyl (C=O) groups excluding carboxylic acids is 2. The van der Waals surface area contributed by atoms with Gasteiger partial charge in [-0.1, -0.05) is 25.6 Å². The number of nitriles is 1. The molecule has 1 heterocycles. The lowest BCUT2D eigenvalue weighted by Gasteiger charge is -2.36. The van der Waals surface area contributed by atoms with E-state index in [1.165, 1.54) is 23.9 Å². The van der Waals surface area contributed by atoms with Gasteiger partial charge in [0.2, 0.25) is 5.91 Å². The molecule has 0 spiro atoms. The van der Waals surface area contributed by atoms with Crippen molar-refractivity contribution >= 4 is 29.3 Å². The minimum absolute atomic E-state index is 0.0720. The first-order valence-corrected chi connectivity index (χ1v) is 13.4. The number of morpholine rings is 1. The van der Waals surface area contributed by atoms with Gasteiger partial charge in [0.05, 0.1) is 43.6 Å². The van der Waals surface area contributed by atoms with Gasteiger partial charge in [-0.3, -0.25) is 14.6 Å². The topological polar surface area (TPSA) is 101 Å². The Morgan fingerprint density at radius 2 is 1.84 bits per heavy atom. The van der Waals surface area contributed by atoms with Gasteiger partial charge >= 0.3 is 0 Å². The van der Waals surface area contributed by atoms with Crippen LogP contribution in [0.2, 0.25) is 0 Å². The number of hydrazine groups is 1. The second kappa shape index (κ2) is 14.7. The predicted octanol–water partition coefficient (Wildman–Crippen LogP) is 2.47. The largest absolute Gasteiger partial charge is 0.379 e. The van der Waals surface area contributed by atoms with Crippen LogP contribution in [0, 0.1) is 17.1 Å². The quantitative estimate of drug-likeness (QED) is 0.395. The number of ether oxygens (including phenoxy) is 1. The highest BCUT2D eigenvalue weighted by Crippen LogP contribution is 2.36. The van der Waals surface area contributed by atoms with E-state index in [0.717, 1.165) is 9.79 Å². The fourth-order valence-electron chi connectivity index (χ4n) is 3.85. The summed E-state index contributed by atoms with van der Waals surface area (Å²) in [6.45, 7) is 7.26. The van der Waals surface area contributed by atoms with Gasteiger partial charge in [-0.2, -0.15) is 5.26 Å². The molecule has 38 heavy (non-hydrogen) atoms. The van der Waals surface area contributed by atoms with Gasteiger partial charge in [0.15, 0.2) is 0 Å². The Morgan fingerprint density at radius 1 is 1.13 bits per heavy atom. The third-order valence-electron chi connectivity index (χ3n) is 5.90. The number of amides is 2. The van der Waals surface area contributed by atoms with Gasteiger partial charge in [0.25, 0.3) is 5.91 Å². The van der Waals surface area contributed by atoms with E-state index in [-0.39, 0.29) is 30.7 Å². The molecule has 1 aliphatic rings. The molecular weight excluding hydrogens is 507 g/mol. The van der Waals surface area contributed by atoms with Crippen LogP contribution >= 0.6 is 11.8 Å². The Morgan fingerprint density at radius 3 is 2.50 bits per heavy atom. The minimum Gasteiger partial charge on any atom is -0.379 e. The molecule has 2 aromatic carbocycles. The maximum Gasteiger partial charge on any atom is 0.256 e. The standard InChI is InChI=1S/C27H35FN6O3S/c1-20(2)30-10-11-31-26(35)18-33(19-27(36)32(3)34-12-14-37-15-13-34)24-16-21(17-29)4-9-25(24)38-23-7-5-22(28)6-8-23/h4-9,16,20,30H,10-15,18-19H2,1-3H3,(H,31,35). The molecule has 2 aromatic rings. The molecule has 1 saturated heterocycles. The van der Waals surface area contributed by atoms with Crippen molar-refractivity contribution in [3.8, 4) is 6.07 Å². The third kappa shape index (κ3) is 8.99. The second-order valence-electron chi connectivity index (χ2n) is 9.15. The molecule has 204 valence electrons. The van der Waals surface area contributed by atoms with Crippen LogP contribution in [0.3, 0.4) is 0 Å². The molecule has 2 N–H and O–H groups in total. The van der Waals surface area contributed by atoms with Gasteiger partial charge in [-0.05, 0) is 42.5 Å². The molecule has 0 bridgehead atoms. The third-order valence-corrected chi connectivity index (χ3v) is 6.98. The molecule has 9 nitrogen and oxygen atoms in total. The van der Waals surface area contributed by atoms with E-state index >= 15 is 0 Å². The van der Waals surface area contributed by atoms with Crippen LogP contribution in [0.5, 0.6) is 0 Å². The number of benzene rings is 2. The maximum atomic E-state index is 13.5. The van der Waals surface area contributed by atoms with E-state index in [4.69, 9.17) is 4.74 Å². The van der Waals surface area contributed by atoms with Crippen LogP contribution in [-0.2, 0) is 14.3 Å². The van der Waals surface area contributed by atoms with Crippen molar-refractivity contribution in [1.29, 1.82) is 5.26 Å². The summed E-state index contributed by atoms with van der Waals surface area (Å²) in [6, 6.07) is 13.7. The Kier molecular flexibility index (Phi) is 11.4. The number of nitrogens with one attached hydrogen (secondary N) is 2. The summed E-state index contributed by atoms with van der Waals surface area (Å²) in [6.07, 6.45) is 0. The number of rotatable bonds is 12. The first-order chi connectivity index (χ1) is 18.3. The lowest BCUT2D eigenvalue weighted by molar-refractivity contribution is -0.150. The first kappa shape index (κ1) is 29.4. The molecule has 0 unspecified atom stereocenters. The lowest BCUT2D eigenvalue weighted by atomic mass is 10.2. The number of halogens is 1. The molecule has 0 aromatic heterocycles. The number of hydrogen-bond donors (Lipinski definition) is 2. The number of carbonyl (C=O) groups is 2. The monoisotopic (exact) mass is 542 g/mol. The fraction of sp³-hybridized carbons (Fsp3) is 0.444. The minimum atomic E-state index is -0.337. The van der Waals surface area contributed by atoms with Gasteiger partial charge in [-0.25, -0.2) is 9.40 Å². The number of nitrogens with zero attached hydrogens (tertiary/aromatic N) is 4. The summed E-state index contributed by atoms with van der Waals surface area (Å²) in [7, 11) is 1.71. The van der Waals surface area contributed by atoms with Crippen LogP contribution < -0.4 is 15.5 Å². The zero-order valence-corrected chi connectivity index (χ0v) is 22.9. The Labute approximate surface area is 227 Å². The van der Waals surface area contributed by atoms with E-state index in [2.05, 4.69) is 16.7 Å². The van der Waals surface area contributed by atoms with Crippen molar-refractivity contribution in [1.82, 2.24) is 20.7 Å². The van der Waals surface area contributed by atoms with Gasteiger partial charge in [0.1, 0.15) is 5.82 Å². The molecule has 2 amide bonds. The van der Waals surface area contributed by atoms with Crippen molar-refractivity contribution in [3.05, 3.63) is 53.8 Å². The van der Waals surface area contributed by atoms with Gasteiger partial charge in [0, 0.05) is 49.1 Å². The van der Waals surface area contributed by atoms with Crippen LogP contribution in [0.1, 0.15) is 19.4 Å². The van der Waals surface area contributed by atoms with Crippen LogP contribution in [-0.4, -0.2) is 87.4 Å². The summed E-state index contributed by atoms with van der Waals surface area (Å²) < 4.78 is 18.9. The van der Waals surface area contributed by atoms with Crippen LogP contribution in [0.15, 0.2) is 52.3 Å². The average molecular weight is 543 g/mol. The highest BCUT2D eigenvalue weighted by molar-refractivity contribution is 7.99. The molecule has 0 saturated carbocycles. The normalized spacial score (nSPS) is 13.7. The Hall–Kier alpha value is -3.17. The highest BCUT2D eigenvalue weighted by atomic mass is 32.2. The van der Waals surface area contributed by atoms with Gasteiger partial charge < -0.3 is 20.3 Å². The molecular formula is C27H35FN6O3S. The summed E-state index contributed by atoms with van der Waals surface area (Å²) in [5.41, 5.74) is 0.988. The predicted molar refractivity (Wildman–Crippen MR) is 145 cm³/mol. The SMILES string of the molecule is CC(C)NCCNC(=O)CN(CC(=O)N(C)N1CCOCC1)c1cc(C#N)ccc1Sc1ccc(F)cc1. The molecule has 1 fully saturated rings. The maximum absolute atomic E-state index is 13.5. The number of hydrogen-bond acceptors (Lipinski definition) is 8. The summed E-state index contributed by atoms with van der Waals surface area (Å²) in [5, 5.41) is 19.2. The van der Waals surface area contributed by atoms with Crippen molar-refractivity contribution in [2.75, 3.05) is 64.4 Å². The molecule has 1 aliphatic heterocycles.